The van der Waals surface area contributed by atoms with Gasteiger partial charge < -0.3 is 15.4 Å². The Hall–Kier alpha value is -0.870. The molecule has 0 aliphatic heterocycles. The van der Waals surface area contributed by atoms with Crippen LogP contribution in [0.2, 0.25) is 0 Å². The first-order valence-corrected chi connectivity index (χ1v) is 6.10. The van der Waals surface area contributed by atoms with Crippen LogP contribution in [0, 0.1) is 5.92 Å². The second kappa shape index (κ2) is 4.97. The molecular formula is C12H21N3O. The standard InChI is InChI=1S/C12H21N3O/c1-9-3-2-4-10(5-9)15-8-14-6-12(15)11(13)7-16/h6,8-11,16H,2-5,7,13H2,1H3. The first-order valence-electron chi connectivity index (χ1n) is 6.10. The van der Waals surface area contributed by atoms with Gasteiger partial charge in [0.2, 0.25) is 0 Å². The topological polar surface area (TPSA) is 64.1 Å². The van der Waals surface area contributed by atoms with Crippen LogP contribution in [-0.4, -0.2) is 21.3 Å². The Kier molecular flexibility index (Phi) is 3.61. The third kappa shape index (κ3) is 2.28. The fourth-order valence-corrected chi connectivity index (χ4v) is 2.66. The van der Waals surface area contributed by atoms with E-state index in [9.17, 15) is 0 Å². The lowest BCUT2D eigenvalue weighted by molar-refractivity contribution is 0.246. The molecule has 90 valence electrons. The van der Waals surface area contributed by atoms with Crippen molar-refractivity contribution in [1.82, 2.24) is 9.55 Å². The van der Waals surface area contributed by atoms with Crippen LogP contribution in [0.4, 0.5) is 0 Å². The van der Waals surface area contributed by atoms with E-state index < -0.39 is 0 Å². The molecule has 1 aromatic heterocycles. The molecule has 0 amide bonds. The molecule has 4 heteroatoms. The van der Waals surface area contributed by atoms with Crippen LogP contribution in [0.5, 0.6) is 0 Å². The summed E-state index contributed by atoms with van der Waals surface area (Å²) in [7, 11) is 0. The van der Waals surface area contributed by atoms with Crippen LogP contribution in [0.25, 0.3) is 0 Å². The Balaban J connectivity index is 2.16. The summed E-state index contributed by atoms with van der Waals surface area (Å²) in [5.74, 6) is 0.777. The van der Waals surface area contributed by atoms with Gasteiger partial charge in [-0.1, -0.05) is 19.8 Å². The Labute approximate surface area is 96.5 Å². The van der Waals surface area contributed by atoms with Crippen molar-refractivity contribution in [2.45, 2.75) is 44.7 Å². The summed E-state index contributed by atoms with van der Waals surface area (Å²) in [5.41, 5.74) is 6.83. The SMILES string of the molecule is CC1CCCC(n2cncc2C(N)CO)C1. The van der Waals surface area contributed by atoms with E-state index in [0.29, 0.717) is 6.04 Å². The molecule has 3 atom stereocenters. The van der Waals surface area contributed by atoms with Crippen molar-refractivity contribution in [2.75, 3.05) is 6.61 Å². The molecule has 0 radical (unpaired) electrons. The van der Waals surface area contributed by atoms with Crippen molar-refractivity contribution in [3.8, 4) is 0 Å². The second-order valence-corrected chi connectivity index (χ2v) is 4.94. The Morgan fingerprint density at radius 1 is 1.62 bits per heavy atom. The minimum atomic E-state index is -0.306. The molecule has 0 aromatic carbocycles. The van der Waals surface area contributed by atoms with Gasteiger partial charge in [0.25, 0.3) is 0 Å². The zero-order valence-corrected chi connectivity index (χ0v) is 9.84. The third-order valence-corrected chi connectivity index (χ3v) is 3.57. The number of aromatic nitrogens is 2. The average molecular weight is 223 g/mol. The molecule has 3 N–H and O–H groups in total. The van der Waals surface area contributed by atoms with E-state index in [1.165, 1.54) is 25.7 Å². The quantitative estimate of drug-likeness (QED) is 0.818. The maximum absolute atomic E-state index is 9.12. The second-order valence-electron chi connectivity index (χ2n) is 4.94. The molecule has 4 nitrogen and oxygen atoms in total. The largest absolute Gasteiger partial charge is 0.394 e. The molecule has 0 saturated heterocycles. The van der Waals surface area contributed by atoms with E-state index in [4.69, 9.17) is 10.8 Å². The number of hydrogen-bond acceptors (Lipinski definition) is 3. The van der Waals surface area contributed by atoms with Gasteiger partial charge in [-0.2, -0.15) is 0 Å². The molecule has 16 heavy (non-hydrogen) atoms. The molecule has 1 aliphatic carbocycles. The van der Waals surface area contributed by atoms with E-state index in [0.717, 1.165) is 11.6 Å². The predicted octanol–water partition coefficient (Wildman–Crippen LogP) is 1.63. The van der Waals surface area contributed by atoms with Gasteiger partial charge in [0.05, 0.1) is 24.7 Å². The number of hydrogen-bond donors (Lipinski definition) is 2. The third-order valence-electron chi connectivity index (χ3n) is 3.57. The van der Waals surface area contributed by atoms with Gasteiger partial charge >= 0.3 is 0 Å². The molecule has 1 saturated carbocycles. The van der Waals surface area contributed by atoms with E-state index in [-0.39, 0.29) is 12.6 Å². The number of nitrogens with zero attached hydrogens (tertiary/aromatic N) is 2. The van der Waals surface area contributed by atoms with Gasteiger partial charge in [-0.05, 0) is 18.8 Å². The monoisotopic (exact) mass is 223 g/mol. The minimum Gasteiger partial charge on any atom is -0.394 e. The van der Waals surface area contributed by atoms with Gasteiger partial charge in [0, 0.05) is 12.2 Å². The Bertz CT molecular complexity index is 337. The van der Waals surface area contributed by atoms with E-state index in [1.54, 1.807) is 6.20 Å². The smallest absolute Gasteiger partial charge is 0.0951 e. The highest BCUT2D eigenvalue weighted by atomic mass is 16.3. The van der Waals surface area contributed by atoms with Crippen molar-refractivity contribution >= 4 is 0 Å². The van der Waals surface area contributed by atoms with Crippen molar-refractivity contribution in [3.63, 3.8) is 0 Å². The maximum Gasteiger partial charge on any atom is 0.0951 e. The van der Waals surface area contributed by atoms with E-state index in [1.807, 2.05) is 6.33 Å². The number of imidazole rings is 1. The van der Waals surface area contributed by atoms with Gasteiger partial charge in [-0.15, -0.1) is 0 Å². The summed E-state index contributed by atoms with van der Waals surface area (Å²) in [4.78, 5) is 4.16. The molecule has 1 heterocycles. The van der Waals surface area contributed by atoms with E-state index >= 15 is 0 Å². The number of rotatable bonds is 3. The van der Waals surface area contributed by atoms with Crippen molar-refractivity contribution < 1.29 is 5.11 Å². The van der Waals surface area contributed by atoms with Gasteiger partial charge in [-0.3, -0.25) is 0 Å². The van der Waals surface area contributed by atoms with Crippen LogP contribution in [0.3, 0.4) is 0 Å². The Morgan fingerprint density at radius 2 is 2.44 bits per heavy atom. The van der Waals surface area contributed by atoms with Crippen molar-refractivity contribution in [1.29, 1.82) is 0 Å². The van der Waals surface area contributed by atoms with Crippen LogP contribution >= 0.6 is 0 Å². The summed E-state index contributed by atoms with van der Waals surface area (Å²) in [6, 6.07) is 0.207. The molecule has 0 spiro atoms. The van der Waals surface area contributed by atoms with Gasteiger partial charge in [-0.25, -0.2) is 4.98 Å². The van der Waals surface area contributed by atoms with Gasteiger partial charge in [0.15, 0.2) is 0 Å². The lowest BCUT2D eigenvalue weighted by atomic mass is 9.87. The highest BCUT2D eigenvalue weighted by Crippen LogP contribution is 2.33. The maximum atomic E-state index is 9.12. The molecule has 0 bridgehead atoms. The van der Waals surface area contributed by atoms with Crippen LogP contribution in [0.1, 0.15) is 50.4 Å². The van der Waals surface area contributed by atoms with Crippen molar-refractivity contribution in [2.24, 2.45) is 11.7 Å². The fourth-order valence-electron chi connectivity index (χ4n) is 2.66. The van der Waals surface area contributed by atoms with Crippen LogP contribution < -0.4 is 5.73 Å². The zero-order chi connectivity index (χ0) is 11.5. The number of aliphatic hydroxyl groups excluding tert-OH is 1. The van der Waals surface area contributed by atoms with Crippen LogP contribution in [-0.2, 0) is 0 Å². The van der Waals surface area contributed by atoms with Crippen molar-refractivity contribution in [3.05, 3.63) is 18.2 Å². The molecule has 2 rings (SSSR count). The molecule has 3 unspecified atom stereocenters. The van der Waals surface area contributed by atoms with Gasteiger partial charge in [0.1, 0.15) is 0 Å². The van der Waals surface area contributed by atoms with Crippen LogP contribution in [0.15, 0.2) is 12.5 Å². The zero-order valence-electron chi connectivity index (χ0n) is 9.84. The molecule has 1 fully saturated rings. The summed E-state index contributed by atoms with van der Waals surface area (Å²) < 4.78 is 2.16. The van der Waals surface area contributed by atoms with E-state index in [2.05, 4.69) is 16.5 Å². The minimum absolute atomic E-state index is 0.0199. The average Bonchev–Trinajstić information content (AvgIpc) is 2.77. The first-order chi connectivity index (χ1) is 7.72. The first kappa shape index (κ1) is 11.6. The summed E-state index contributed by atoms with van der Waals surface area (Å²) in [6.45, 7) is 2.28. The molecule has 1 aromatic rings. The fraction of sp³-hybridized carbons (Fsp3) is 0.750. The number of aliphatic hydroxyl groups is 1. The summed E-state index contributed by atoms with van der Waals surface area (Å²) in [6.07, 6.45) is 8.63. The highest BCUT2D eigenvalue weighted by Gasteiger charge is 2.23. The highest BCUT2D eigenvalue weighted by molar-refractivity contribution is 5.06. The predicted molar refractivity (Wildman–Crippen MR) is 62.9 cm³/mol. The summed E-state index contributed by atoms with van der Waals surface area (Å²) >= 11 is 0. The lowest BCUT2D eigenvalue weighted by Crippen LogP contribution is -2.24. The molecule has 1 aliphatic rings. The lowest BCUT2D eigenvalue weighted by Gasteiger charge is -2.29. The number of nitrogens with two attached hydrogens (primary N) is 1. The Morgan fingerprint density at radius 3 is 3.12 bits per heavy atom. The summed E-state index contributed by atoms with van der Waals surface area (Å²) in [5, 5.41) is 9.12. The molecular weight excluding hydrogens is 202 g/mol. The normalized spacial score (nSPS) is 27.9.